The molecule has 2 fully saturated rings. The fourth-order valence-corrected chi connectivity index (χ4v) is 3.57. The minimum absolute atomic E-state index is 0.227. The van der Waals surface area contributed by atoms with E-state index in [0.717, 1.165) is 19.5 Å². The average molecular weight is 218 g/mol. The first-order chi connectivity index (χ1) is 6.63. The topological polar surface area (TPSA) is 49.4 Å². The number of hydrogen-bond donors (Lipinski definition) is 1. The van der Waals surface area contributed by atoms with Gasteiger partial charge in [0.1, 0.15) is 0 Å². The molecule has 5 heteroatoms. The molecule has 1 N–H and O–H groups in total. The van der Waals surface area contributed by atoms with Crippen LogP contribution in [-0.2, 0) is 10.0 Å². The number of fused-ring (bicyclic) bond motifs is 1. The normalized spacial score (nSPS) is 34.4. The molecule has 0 radical (unpaired) electrons. The number of sulfonamides is 1. The van der Waals surface area contributed by atoms with Gasteiger partial charge < -0.3 is 5.32 Å². The van der Waals surface area contributed by atoms with Crippen LogP contribution in [0, 0.1) is 5.92 Å². The van der Waals surface area contributed by atoms with Crippen LogP contribution in [-0.4, -0.2) is 44.2 Å². The van der Waals surface area contributed by atoms with Gasteiger partial charge in [0.2, 0.25) is 10.0 Å². The Morgan fingerprint density at radius 2 is 2.21 bits per heavy atom. The van der Waals surface area contributed by atoms with Gasteiger partial charge in [0.15, 0.2) is 0 Å². The predicted octanol–water partition coefficient (Wildman–Crippen LogP) is 0.0199. The van der Waals surface area contributed by atoms with E-state index in [9.17, 15) is 8.42 Å². The second-order valence-electron chi connectivity index (χ2n) is 4.16. The van der Waals surface area contributed by atoms with Crippen molar-refractivity contribution in [2.45, 2.75) is 25.8 Å². The minimum Gasteiger partial charge on any atom is -0.312 e. The Morgan fingerprint density at radius 3 is 2.93 bits per heavy atom. The van der Waals surface area contributed by atoms with E-state index in [1.165, 1.54) is 6.42 Å². The number of nitrogens with one attached hydrogen (secondary N) is 1. The lowest BCUT2D eigenvalue weighted by Crippen LogP contribution is -2.49. The summed E-state index contributed by atoms with van der Waals surface area (Å²) >= 11 is 0. The van der Waals surface area contributed by atoms with Crippen molar-refractivity contribution in [1.82, 2.24) is 9.62 Å². The quantitative estimate of drug-likeness (QED) is 0.711. The Morgan fingerprint density at radius 1 is 1.43 bits per heavy atom. The Labute approximate surface area is 85.7 Å². The molecular formula is C9H18N2O2S. The first kappa shape index (κ1) is 10.4. The van der Waals surface area contributed by atoms with Crippen molar-refractivity contribution in [1.29, 1.82) is 0 Å². The van der Waals surface area contributed by atoms with Crippen molar-refractivity contribution >= 4 is 10.0 Å². The third kappa shape index (κ3) is 1.81. The third-order valence-electron chi connectivity index (χ3n) is 3.40. The lowest BCUT2D eigenvalue weighted by molar-refractivity contribution is 0.249. The molecule has 82 valence electrons. The highest BCUT2D eigenvalue weighted by Crippen LogP contribution is 2.26. The molecule has 0 saturated carbocycles. The number of nitrogens with zero attached hydrogens (tertiary/aromatic N) is 1. The molecule has 2 heterocycles. The highest BCUT2D eigenvalue weighted by Gasteiger charge is 2.36. The SMILES string of the molecule is CCS(=O)(=O)N1CC[C@@H]2CCN[C@@H]2C1. The molecule has 2 atom stereocenters. The molecule has 2 aliphatic heterocycles. The molecular weight excluding hydrogens is 200 g/mol. The average Bonchev–Trinajstić information content (AvgIpc) is 2.64. The van der Waals surface area contributed by atoms with E-state index < -0.39 is 10.0 Å². The van der Waals surface area contributed by atoms with Gasteiger partial charge in [0, 0.05) is 19.1 Å². The van der Waals surface area contributed by atoms with Crippen LogP contribution in [0.25, 0.3) is 0 Å². The van der Waals surface area contributed by atoms with Crippen molar-refractivity contribution in [3.63, 3.8) is 0 Å². The van der Waals surface area contributed by atoms with Gasteiger partial charge in [-0.3, -0.25) is 0 Å². The Balaban J connectivity index is 2.04. The van der Waals surface area contributed by atoms with Gasteiger partial charge in [-0.25, -0.2) is 12.7 Å². The fraction of sp³-hybridized carbons (Fsp3) is 1.00. The van der Waals surface area contributed by atoms with Gasteiger partial charge in [-0.2, -0.15) is 0 Å². The van der Waals surface area contributed by atoms with Gasteiger partial charge in [0.05, 0.1) is 5.75 Å². The summed E-state index contributed by atoms with van der Waals surface area (Å²) in [5.41, 5.74) is 0. The maximum Gasteiger partial charge on any atom is 0.213 e. The van der Waals surface area contributed by atoms with Crippen LogP contribution in [0.1, 0.15) is 19.8 Å². The Kier molecular flexibility index (Phi) is 2.81. The highest BCUT2D eigenvalue weighted by atomic mass is 32.2. The zero-order valence-electron chi connectivity index (χ0n) is 8.57. The molecule has 2 aliphatic rings. The largest absolute Gasteiger partial charge is 0.312 e. The zero-order chi connectivity index (χ0) is 10.2. The van der Waals surface area contributed by atoms with E-state index in [1.807, 2.05) is 0 Å². The molecule has 0 aromatic heterocycles. The summed E-state index contributed by atoms with van der Waals surface area (Å²) in [5.74, 6) is 0.933. The lowest BCUT2D eigenvalue weighted by atomic mass is 9.94. The van der Waals surface area contributed by atoms with Crippen LogP contribution < -0.4 is 5.32 Å². The van der Waals surface area contributed by atoms with Crippen molar-refractivity contribution in [2.24, 2.45) is 5.92 Å². The van der Waals surface area contributed by atoms with Crippen molar-refractivity contribution in [2.75, 3.05) is 25.4 Å². The van der Waals surface area contributed by atoms with Crippen LogP contribution in [0.15, 0.2) is 0 Å². The van der Waals surface area contributed by atoms with E-state index in [2.05, 4.69) is 5.32 Å². The summed E-state index contributed by atoms with van der Waals surface area (Å²) in [6.45, 7) is 4.17. The van der Waals surface area contributed by atoms with Crippen molar-refractivity contribution in [3.05, 3.63) is 0 Å². The van der Waals surface area contributed by atoms with E-state index in [1.54, 1.807) is 11.2 Å². The molecule has 0 aromatic carbocycles. The molecule has 0 aliphatic carbocycles. The highest BCUT2D eigenvalue weighted by molar-refractivity contribution is 7.89. The summed E-state index contributed by atoms with van der Waals surface area (Å²) in [4.78, 5) is 0. The number of rotatable bonds is 2. The Hall–Kier alpha value is -0.130. The summed E-state index contributed by atoms with van der Waals surface area (Å²) in [5, 5.41) is 3.38. The molecule has 0 aromatic rings. The maximum atomic E-state index is 11.6. The van der Waals surface area contributed by atoms with Crippen molar-refractivity contribution < 1.29 is 8.42 Å². The van der Waals surface area contributed by atoms with Crippen LogP contribution >= 0.6 is 0 Å². The van der Waals surface area contributed by atoms with E-state index in [4.69, 9.17) is 0 Å². The van der Waals surface area contributed by atoms with Crippen LogP contribution in [0.5, 0.6) is 0 Å². The number of hydrogen-bond acceptors (Lipinski definition) is 3. The van der Waals surface area contributed by atoms with Crippen LogP contribution in [0.2, 0.25) is 0 Å². The summed E-state index contributed by atoms with van der Waals surface area (Å²) in [6, 6.07) is 0.407. The van der Waals surface area contributed by atoms with E-state index >= 15 is 0 Å². The maximum absolute atomic E-state index is 11.6. The summed E-state index contributed by atoms with van der Waals surface area (Å²) in [6.07, 6.45) is 2.24. The Bertz CT molecular complexity index is 302. The molecule has 4 nitrogen and oxygen atoms in total. The standard InChI is InChI=1S/C9H18N2O2S/c1-2-14(12,13)11-6-4-8-3-5-10-9(8)7-11/h8-10H,2-7H2,1H3/t8-,9+/m0/s1. The van der Waals surface area contributed by atoms with E-state index in [-0.39, 0.29) is 5.75 Å². The molecule has 14 heavy (non-hydrogen) atoms. The first-order valence-electron chi connectivity index (χ1n) is 5.34. The van der Waals surface area contributed by atoms with Gasteiger partial charge in [-0.05, 0) is 32.2 Å². The van der Waals surface area contributed by atoms with Crippen LogP contribution in [0.4, 0.5) is 0 Å². The van der Waals surface area contributed by atoms with Gasteiger partial charge in [-0.1, -0.05) is 0 Å². The fourth-order valence-electron chi connectivity index (χ4n) is 2.44. The second-order valence-corrected chi connectivity index (χ2v) is 6.41. The third-order valence-corrected chi connectivity index (χ3v) is 5.25. The summed E-state index contributed by atoms with van der Waals surface area (Å²) in [7, 11) is -2.97. The monoisotopic (exact) mass is 218 g/mol. The minimum atomic E-state index is -2.97. The lowest BCUT2D eigenvalue weighted by Gasteiger charge is -2.33. The second kappa shape index (κ2) is 3.79. The van der Waals surface area contributed by atoms with Gasteiger partial charge in [-0.15, -0.1) is 0 Å². The van der Waals surface area contributed by atoms with E-state index in [0.29, 0.717) is 18.5 Å². The molecule has 2 saturated heterocycles. The smallest absolute Gasteiger partial charge is 0.213 e. The van der Waals surface area contributed by atoms with Gasteiger partial charge in [0.25, 0.3) is 0 Å². The molecule has 0 spiro atoms. The molecule has 0 bridgehead atoms. The van der Waals surface area contributed by atoms with Gasteiger partial charge >= 0.3 is 0 Å². The molecule has 0 unspecified atom stereocenters. The summed E-state index contributed by atoms with van der Waals surface area (Å²) < 4.78 is 24.9. The number of piperidine rings is 1. The molecule has 0 amide bonds. The zero-order valence-corrected chi connectivity index (χ0v) is 9.39. The van der Waals surface area contributed by atoms with Crippen LogP contribution in [0.3, 0.4) is 0 Å². The molecule has 2 rings (SSSR count). The predicted molar refractivity (Wildman–Crippen MR) is 55.5 cm³/mol. The van der Waals surface area contributed by atoms with Crippen molar-refractivity contribution in [3.8, 4) is 0 Å². The first-order valence-corrected chi connectivity index (χ1v) is 6.95.